The minimum atomic E-state index is -3.50. The molecule has 3 aromatic carbocycles. The highest BCUT2D eigenvalue weighted by atomic mass is 32.2. The molecule has 1 aliphatic carbocycles. The van der Waals surface area contributed by atoms with Gasteiger partial charge in [0.1, 0.15) is 0 Å². The standard InChI is InChI=1S/C29H31N3O3S/c1-20(27-9-5-7-22-6-3-4-8-28(22)27)30-29(33)31-25-12-14-26(15-13-25)36(34,35)19-21-10-11-23-17-32(2)18-24(23)16-21/h4-5,7-16,20H,3,6,17-19H2,1-2H3,(H2,30,31,33). The number of benzene rings is 3. The van der Waals surface area contributed by atoms with E-state index in [9.17, 15) is 13.2 Å². The van der Waals surface area contributed by atoms with Crippen LogP contribution in [0.25, 0.3) is 6.08 Å². The summed E-state index contributed by atoms with van der Waals surface area (Å²) in [5.41, 5.74) is 7.34. The second-order valence-electron chi connectivity index (χ2n) is 9.74. The number of hydrogen-bond donors (Lipinski definition) is 2. The van der Waals surface area contributed by atoms with Crippen LogP contribution >= 0.6 is 0 Å². The maximum atomic E-state index is 13.0. The molecule has 1 atom stereocenters. The van der Waals surface area contributed by atoms with E-state index in [2.05, 4.69) is 40.8 Å². The van der Waals surface area contributed by atoms with Crippen LogP contribution in [0.5, 0.6) is 0 Å². The van der Waals surface area contributed by atoms with Gasteiger partial charge >= 0.3 is 6.03 Å². The van der Waals surface area contributed by atoms with Gasteiger partial charge in [-0.25, -0.2) is 13.2 Å². The Morgan fingerprint density at radius 3 is 2.58 bits per heavy atom. The summed E-state index contributed by atoms with van der Waals surface area (Å²) in [5.74, 6) is -0.0510. The highest BCUT2D eigenvalue weighted by molar-refractivity contribution is 7.90. The van der Waals surface area contributed by atoms with Gasteiger partial charge in [-0.1, -0.05) is 48.6 Å². The first-order chi connectivity index (χ1) is 17.3. The van der Waals surface area contributed by atoms with Gasteiger partial charge in [0.15, 0.2) is 9.84 Å². The van der Waals surface area contributed by atoms with E-state index < -0.39 is 9.84 Å². The number of anilines is 1. The summed E-state index contributed by atoms with van der Waals surface area (Å²) in [5, 5.41) is 5.81. The van der Waals surface area contributed by atoms with Gasteiger partial charge in [-0.2, -0.15) is 0 Å². The average molecular weight is 502 g/mol. The molecule has 36 heavy (non-hydrogen) atoms. The molecule has 2 amide bonds. The summed E-state index contributed by atoms with van der Waals surface area (Å²) < 4.78 is 26.0. The van der Waals surface area contributed by atoms with E-state index in [0.29, 0.717) is 5.69 Å². The summed E-state index contributed by atoms with van der Waals surface area (Å²) in [6.45, 7) is 3.70. The van der Waals surface area contributed by atoms with Gasteiger partial charge in [0.25, 0.3) is 0 Å². The molecule has 186 valence electrons. The normalized spacial score (nSPS) is 15.7. The Morgan fingerprint density at radius 1 is 1.00 bits per heavy atom. The van der Waals surface area contributed by atoms with Crippen molar-refractivity contribution in [3.05, 3.63) is 100 Å². The molecule has 0 bridgehead atoms. The maximum absolute atomic E-state index is 13.0. The molecule has 6 nitrogen and oxygen atoms in total. The maximum Gasteiger partial charge on any atom is 0.319 e. The van der Waals surface area contributed by atoms with E-state index in [4.69, 9.17) is 0 Å². The minimum Gasteiger partial charge on any atom is -0.331 e. The fraction of sp³-hybridized carbons (Fsp3) is 0.276. The number of urea groups is 1. The smallest absolute Gasteiger partial charge is 0.319 e. The number of nitrogens with one attached hydrogen (secondary N) is 2. The van der Waals surface area contributed by atoms with E-state index in [1.165, 1.54) is 22.3 Å². The van der Waals surface area contributed by atoms with Crippen molar-refractivity contribution in [1.82, 2.24) is 10.2 Å². The molecule has 0 aromatic heterocycles. The molecule has 5 rings (SSSR count). The molecule has 2 aliphatic rings. The van der Waals surface area contributed by atoms with Crippen molar-refractivity contribution in [2.45, 2.75) is 49.5 Å². The van der Waals surface area contributed by atoms with Crippen LogP contribution in [-0.4, -0.2) is 26.4 Å². The predicted molar refractivity (Wildman–Crippen MR) is 143 cm³/mol. The Hall–Kier alpha value is -3.42. The highest BCUT2D eigenvalue weighted by Crippen LogP contribution is 2.28. The second kappa shape index (κ2) is 9.91. The summed E-state index contributed by atoms with van der Waals surface area (Å²) in [4.78, 5) is 15.1. The fourth-order valence-electron chi connectivity index (χ4n) is 5.07. The lowest BCUT2D eigenvalue weighted by Gasteiger charge is -2.21. The van der Waals surface area contributed by atoms with Crippen molar-refractivity contribution in [2.75, 3.05) is 12.4 Å². The molecular formula is C29H31N3O3S. The third-order valence-corrected chi connectivity index (χ3v) is 8.59. The van der Waals surface area contributed by atoms with E-state index in [1.54, 1.807) is 24.3 Å². The number of carbonyl (C=O) groups is 1. The lowest BCUT2D eigenvalue weighted by molar-refractivity contribution is 0.249. The van der Waals surface area contributed by atoms with Crippen LogP contribution in [0.15, 0.2) is 71.6 Å². The van der Waals surface area contributed by atoms with Crippen LogP contribution < -0.4 is 10.6 Å². The van der Waals surface area contributed by atoms with Crippen molar-refractivity contribution >= 4 is 27.6 Å². The Labute approximate surface area is 213 Å². The van der Waals surface area contributed by atoms with Crippen LogP contribution in [-0.2, 0) is 35.1 Å². The molecule has 1 aliphatic heterocycles. The van der Waals surface area contributed by atoms with Gasteiger partial charge in [0, 0.05) is 18.8 Å². The highest BCUT2D eigenvalue weighted by Gasteiger charge is 2.20. The Morgan fingerprint density at radius 2 is 1.78 bits per heavy atom. The molecular weight excluding hydrogens is 470 g/mol. The van der Waals surface area contributed by atoms with Gasteiger partial charge in [-0.05, 0) is 84.5 Å². The first kappa shape index (κ1) is 24.3. The summed E-state index contributed by atoms with van der Waals surface area (Å²) in [6, 6.07) is 18.0. The van der Waals surface area contributed by atoms with E-state index in [0.717, 1.165) is 37.1 Å². The molecule has 0 fully saturated rings. The van der Waals surface area contributed by atoms with Crippen LogP contribution in [0.3, 0.4) is 0 Å². The fourth-order valence-corrected chi connectivity index (χ4v) is 6.41. The SMILES string of the molecule is CC(NC(=O)Nc1ccc(S(=O)(=O)Cc2ccc3c(c2)CN(C)C3)cc1)c1cccc2c1C=CCC2. The number of hydrogen-bond acceptors (Lipinski definition) is 4. The first-order valence-corrected chi connectivity index (χ1v) is 13.9. The number of nitrogens with zero attached hydrogens (tertiary/aromatic N) is 1. The van der Waals surface area contributed by atoms with Crippen molar-refractivity contribution in [3.8, 4) is 0 Å². The van der Waals surface area contributed by atoms with Crippen molar-refractivity contribution in [3.63, 3.8) is 0 Å². The summed E-state index contributed by atoms with van der Waals surface area (Å²) >= 11 is 0. The first-order valence-electron chi connectivity index (χ1n) is 12.3. The van der Waals surface area contributed by atoms with Gasteiger partial charge < -0.3 is 10.6 Å². The summed E-state index contributed by atoms with van der Waals surface area (Å²) in [6.07, 6.45) is 6.34. The average Bonchev–Trinajstić information content (AvgIpc) is 3.23. The van der Waals surface area contributed by atoms with Gasteiger partial charge in [-0.15, -0.1) is 0 Å². The number of sulfone groups is 1. The predicted octanol–water partition coefficient (Wildman–Crippen LogP) is 5.45. The van der Waals surface area contributed by atoms with Gasteiger partial charge in [-0.3, -0.25) is 4.90 Å². The van der Waals surface area contributed by atoms with Crippen molar-refractivity contribution < 1.29 is 13.2 Å². The van der Waals surface area contributed by atoms with E-state index in [-0.39, 0.29) is 22.7 Å². The third kappa shape index (κ3) is 5.22. The molecule has 0 radical (unpaired) electrons. The molecule has 1 unspecified atom stereocenters. The number of amides is 2. The molecule has 7 heteroatoms. The van der Waals surface area contributed by atoms with E-state index >= 15 is 0 Å². The number of aryl methyl sites for hydroxylation is 1. The van der Waals surface area contributed by atoms with Crippen molar-refractivity contribution in [2.24, 2.45) is 0 Å². The van der Waals surface area contributed by atoms with Crippen LogP contribution in [0.1, 0.15) is 52.8 Å². The number of rotatable bonds is 6. The largest absolute Gasteiger partial charge is 0.331 e. The minimum absolute atomic E-state index is 0.0510. The van der Waals surface area contributed by atoms with Crippen LogP contribution in [0.2, 0.25) is 0 Å². The summed E-state index contributed by atoms with van der Waals surface area (Å²) in [7, 11) is -1.45. The number of fused-ring (bicyclic) bond motifs is 2. The molecule has 2 N–H and O–H groups in total. The second-order valence-corrected chi connectivity index (χ2v) is 11.7. The molecule has 1 heterocycles. The number of allylic oxidation sites excluding steroid dienone is 1. The zero-order chi connectivity index (χ0) is 25.3. The third-order valence-electron chi connectivity index (χ3n) is 6.89. The molecule has 0 saturated heterocycles. The quantitative estimate of drug-likeness (QED) is 0.471. The zero-order valence-corrected chi connectivity index (χ0v) is 21.4. The van der Waals surface area contributed by atoms with Crippen LogP contribution in [0.4, 0.5) is 10.5 Å². The van der Waals surface area contributed by atoms with Gasteiger partial charge in [0.05, 0.1) is 16.7 Å². The molecule has 3 aromatic rings. The molecule has 0 saturated carbocycles. The monoisotopic (exact) mass is 501 g/mol. The van der Waals surface area contributed by atoms with Crippen molar-refractivity contribution in [1.29, 1.82) is 0 Å². The Bertz CT molecular complexity index is 1430. The molecule has 0 spiro atoms. The van der Waals surface area contributed by atoms with E-state index in [1.807, 2.05) is 37.3 Å². The Balaban J connectivity index is 1.22. The number of carbonyl (C=O) groups excluding carboxylic acids is 1. The van der Waals surface area contributed by atoms with Crippen LogP contribution in [0, 0.1) is 0 Å². The Kier molecular flexibility index (Phi) is 6.69. The lowest BCUT2D eigenvalue weighted by atomic mass is 9.90. The van der Waals surface area contributed by atoms with Gasteiger partial charge in [0.2, 0.25) is 0 Å². The zero-order valence-electron chi connectivity index (χ0n) is 20.6. The topological polar surface area (TPSA) is 78.5 Å². The lowest BCUT2D eigenvalue weighted by Crippen LogP contribution is -2.31.